The Kier molecular flexibility index (Phi) is 4.40. The summed E-state index contributed by atoms with van der Waals surface area (Å²) >= 11 is 0. The summed E-state index contributed by atoms with van der Waals surface area (Å²) in [6, 6.07) is 15.4. The van der Waals surface area contributed by atoms with E-state index >= 15 is 0 Å². The predicted octanol–water partition coefficient (Wildman–Crippen LogP) is 2.36. The van der Waals surface area contributed by atoms with Crippen molar-refractivity contribution in [1.29, 1.82) is 0 Å². The second-order valence-corrected chi connectivity index (χ2v) is 5.51. The molecular formula is C18H17N7O. The van der Waals surface area contributed by atoms with E-state index < -0.39 is 0 Å². The number of benzene rings is 1. The van der Waals surface area contributed by atoms with Gasteiger partial charge in [0, 0.05) is 18.4 Å². The number of nitrogens with one attached hydrogen (secondary N) is 2. The molecule has 8 nitrogen and oxygen atoms in total. The number of rotatable bonds is 6. The zero-order valence-corrected chi connectivity index (χ0v) is 13.9. The van der Waals surface area contributed by atoms with Crippen LogP contribution >= 0.6 is 0 Å². The monoisotopic (exact) mass is 347 g/mol. The van der Waals surface area contributed by atoms with Gasteiger partial charge >= 0.3 is 0 Å². The fourth-order valence-corrected chi connectivity index (χ4v) is 2.58. The molecule has 1 aromatic carbocycles. The first-order chi connectivity index (χ1) is 12.8. The summed E-state index contributed by atoms with van der Waals surface area (Å²) in [6.07, 6.45) is 3.41. The molecule has 3 aromatic heterocycles. The molecule has 0 unspecified atom stereocenters. The van der Waals surface area contributed by atoms with Gasteiger partial charge < -0.3 is 15.7 Å². The zero-order chi connectivity index (χ0) is 17.8. The van der Waals surface area contributed by atoms with Gasteiger partial charge in [-0.25, -0.2) is 9.97 Å². The van der Waals surface area contributed by atoms with Crippen molar-refractivity contribution < 1.29 is 5.11 Å². The first-order valence-corrected chi connectivity index (χ1v) is 8.18. The Morgan fingerprint density at radius 2 is 1.81 bits per heavy atom. The van der Waals surface area contributed by atoms with Crippen LogP contribution in [-0.4, -0.2) is 42.8 Å². The highest BCUT2D eigenvalue weighted by Crippen LogP contribution is 2.24. The second-order valence-electron chi connectivity index (χ2n) is 5.51. The van der Waals surface area contributed by atoms with Crippen LogP contribution in [0.1, 0.15) is 0 Å². The minimum Gasteiger partial charge on any atom is -0.395 e. The number of anilines is 3. The number of aliphatic hydroxyl groups is 1. The van der Waals surface area contributed by atoms with Crippen LogP contribution < -0.4 is 10.6 Å². The number of fused-ring (bicyclic) bond motifs is 1. The van der Waals surface area contributed by atoms with Crippen LogP contribution in [0.2, 0.25) is 0 Å². The van der Waals surface area contributed by atoms with E-state index in [1.165, 1.54) is 0 Å². The molecular weight excluding hydrogens is 330 g/mol. The number of nitrogens with zero attached hydrogens (tertiary/aromatic N) is 5. The molecule has 0 aliphatic heterocycles. The summed E-state index contributed by atoms with van der Waals surface area (Å²) in [7, 11) is 0. The van der Waals surface area contributed by atoms with E-state index in [0.29, 0.717) is 35.3 Å². The molecule has 0 radical (unpaired) electrons. The van der Waals surface area contributed by atoms with Gasteiger partial charge in [0.15, 0.2) is 17.0 Å². The molecule has 0 bridgehead atoms. The lowest BCUT2D eigenvalue weighted by molar-refractivity contribution is 0.311. The molecule has 0 saturated heterocycles. The molecule has 0 spiro atoms. The first kappa shape index (κ1) is 16.0. The predicted molar refractivity (Wildman–Crippen MR) is 99.8 cm³/mol. The van der Waals surface area contributed by atoms with Gasteiger partial charge in [-0.2, -0.15) is 9.97 Å². The van der Waals surface area contributed by atoms with Gasteiger partial charge in [-0.1, -0.05) is 24.3 Å². The maximum absolute atomic E-state index is 9.13. The molecule has 0 saturated carbocycles. The molecule has 8 heteroatoms. The number of imidazole rings is 1. The topological polar surface area (TPSA) is 101 Å². The molecule has 3 N–H and O–H groups in total. The summed E-state index contributed by atoms with van der Waals surface area (Å²) in [5.74, 6) is 1.59. The first-order valence-electron chi connectivity index (χ1n) is 8.18. The van der Waals surface area contributed by atoms with E-state index in [1.807, 2.05) is 53.1 Å². The minimum atomic E-state index is -0.00606. The van der Waals surface area contributed by atoms with Gasteiger partial charge in [-0.05, 0) is 24.3 Å². The fraction of sp³-hybridized carbons (Fsp3) is 0.111. The van der Waals surface area contributed by atoms with Crippen molar-refractivity contribution in [3.63, 3.8) is 0 Å². The third-order valence-corrected chi connectivity index (χ3v) is 3.74. The van der Waals surface area contributed by atoms with E-state index in [-0.39, 0.29) is 6.61 Å². The molecule has 4 rings (SSSR count). The quantitative estimate of drug-likeness (QED) is 0.492. The second kappa shape index (κ2) is 7.16. The van der Waals surface area contributed by atoms with Crippen molar-refractivity contribution in [2.75, 3.05) is 23.8 Å². The van der Waals surface area contributed by atoms with Crippen molar-refractivity contribution in [2.45, 2.75) is 0 Å². The normalized spacial score (nSPS) is 10.8. The number of para-hydroxylation sites is 1. The maximum Gasteiger partial charge on any atom is 0.232 e. The van der Waals surface area contributed by atoms with Crippen LogP contribution in [0.5, 0.6) is 0 Å². The van der Waals surface area contributed by atoms with Crippen molar-refractivity contribution >= 4 is 28.7 Å². The lowest BCUT2D eigenvalue weighted by Crippen LogP contribution is -2.10. The van der Waals surface area contributed by atoms with Crippen LogP contribution in [0.4, 0.5) is 17.6 Å². The number of pyridine rings is 1. The van der Waals surface area contributed by atoms with E-state index in [9.17, 15) is 0 Å². The van der Waals surface area contributed by atoms with Crippen molar-refractivity contribution in [3.05, 3.63) is 61.1 Å². The van der Waals surface area contributed by atoms with Crippen LogP contribution in [0.15, 0.2) is 61.1 Å². The number of aliphatic hydroxyl groups excluding tert-OH is 1. The summed E-state index contributed by atoms with van der Waals surface area (Å²) in [5.41, 5.74) is 2.24. The van der Waals surface area contributed by atoms with Gasteiger partial charge in [0.05, 0.1) is 6.61 Å². The van der Waals surface area contributed by atoms with Gasteiger partial charge in [-0.15, -0.1) is 0 Å². The molecule has 3 heterocycles. The minimum absolute atomic E-state index is 0.00606. The standard InChI is InChI=1S/C18H17N7O/c26-11-10-20-16-15-17(25(12-21-15)13-6-2-1-3-7-13)24-18(23-16)22-14-8-4-5-9-19-14/h1-9,12,26H,10-11H2,(H2,19,20,22,23,24). The van der Waals surface area contributed by atoms with Crippen molar-refractivity contribution in [1.82, 2.24) is 24.5 Å². The van der Waals surface area contributed by atoms with E-state index in [1.54, 1.807) is 12.5 Å². The van der Waals surface area contributed by atoms with Crippen molar-refractivity contribution in [3.8, 4) is 5.69 Å². The molecule has 0 aliphatic carbocycles. The third kappa shape index (κ3) is 3.17. The fourth-order valence-electron chi connectivity index (χ4n) is 2.58. The van der Waals surface area contributed by atoms with Crippen LogP contribution in [0, 0.1) is 0 Å². The average molecular weight is 347 g/mol. The number of hydrogen-bond acceptors (Lipinski definition) is 7. The Bertz CT molecular complexity index is 1000. The SMILES string of the molecule is OCCNc1nc(Nc2ccccn2)nc2c1ncn2-c1ccccc1. The largest absolute Gasteiger partial charge is 0.395 e. The summed E-state index contributed by atoms with van der Waals surface area (Å²) in [6.45, 7) is 0.362. The van der Waals surface area contributed by atoms with Crippen LogP contribution in [0.3, 0.4) is 0 Å². The molecule has 0 amide bonds. The number of aromatic nitrogens is 5. The van der Waals surface area contributed by atoms with Gasteiger partial charge in [0.1, 0.15) is 12.1 Å². The van der Waals surface area contributed by atoms with Gasteiger partial charge in [-0.3, -0.25) is 4.57 Å². The highest BCUT2D eigenvalue weighted by molar-refractivity contribution is 5.85. The van der Waals surface area contributed by atoms with E-state index in [4.69, 9.17) is 5.11 Å². The van der Waals surface area contributed by atoms with Crippen LogP contribution in [0.25, 0.3) is 16.9 Å². The Morgan fingerprint density at radius 3 is 2.58 bits per heavy atom. The van der Waals surface area contributed by atoms with Gasteiger partial charge in [0.2, 0.25) is 5.95 Å². The molecule has 0 fully saturated rings. The highest BCUT2D eigenvalue weighted by atomic mass is 16.3. The Balaban J connectivity index is 1.82. The molecule has 26 heavy (non-hydrogen) atoms. The number of hydrogen-bond donors (Lipinski definition) is 3. The zero-order valence-electron chi connectivity index (χ0n) is 13.9. The molecule has 0 atom stereocenters. The molecule has 0 aliphatic rings. The van der Waals surface area contributed by atoms with E-state index in [0.717, 1.165) is 5.69 Å². The smallest absolute Gasteiger partial charge is 0.232 e. The van der Waals surface area contributed by atoms with E-state index in [2.05, 4.69) is 30.6 Å². The molecule has 4 aromatic rings. The maximum atomic E-state index is 9.13. The summed E-state index contributed by atoms with van der Waals surface area (Å²) in [4.78, 5) is 17.8. The lowest BCUT2D eigenvalue weighted by atomic mass is 10.3. The van der Waals surface area contributed by atoms with Crippen molar-refractivity contribution in [2.24, 2.45) is 0 Å². The molecule has 130 valence electrons. The summed E-state index contributed by atoms with van der Waals surface area (Å²) < 4.78 is 1.89. The Hall–Kier alpha value is -3.52. The summed E-state index contributed by atoms with van der Waals surface area (Å²) in [5, 5.41) is 15.3. The average Bonchev–Trinajstić information content (AvgIpc) is 3.12. The van der Waals surface area contributed by atoms with Gasteiger partial charge in [0.25, 0.3) is 0 Å². The third-order valence-electron chi connectivity index (χ3n) is 3.74. The highest BCUT2D eigenvalue weighted by Gasteiger charge is 2.14. The lowest BCUT2D eigenvalue weighted by Gasteiger charge is -2.10. The van der Waals surface area contributed by atoms with Crippen LogP contribution in [-0.2, 0) is 0 Å². The Morgan fingerprint density at radius 1 is 0.962 bits per heavy atom. The Labute approximate surface area is 149 Å².